The monoisotopic (exact) mass is 427 g/mol. The first kappa shape index (κ1) is 17.2. The van der Waals surface area contributed by atoms with Crippen molar-refractivity contribution in [3.8, 4) is 10.6 Å². The van der Waals surface area contributed by atoms with E-state index in [0.29, 0.717) is 13.1 Å². The highest BCUT2D eigenvalue weighted by Gasteiger charge is 2.24. The number of benzene rings is 2. The molecule has 0 spiro atoms. The third kappa shape index (κ3) is 3.52. The number of nitrogens with one attached hydrogen (secondary N) is 1. The molecule has 4 rings (SSSR count). The SMILES string of the molecule is Cc1cc(NC(=O)N2CCc3nc(-c4ccccc4)sc3C2)ccc1Br. The molecule has 0 unspecified atom stereocenters. The summed E-state index contributed by atoms with van der Waals surface area (Å²) in [6.07, 6.45) is 0.797. The summed E-state index contributed by atoms with van der Waals surface area (Å²) in [5.41, 5.74) is 4.17. The van der Waals surface area contributed by atoms with E-state index in [1.54, 1.807) is 11.3 Å². The smallest absolute Gasteiger partial charge is 0.319 e. The van der Waals surface area contributed by atoms with Crippen molar-refractivity contribution in [2.75, 3.05) is 11.9 Å². The zero-order chi connectivity index (χ0) is 18.1. The average Bonchev–Trinajstić information content (AvgIpc) is 3.09. The summed E-state index contributed by atoms with van der Waals surface area (Å²) in [5, 5.41) is 4.03. The van der Waals surface area contributed by atoms with Crippen LogP contribution in [0.4, 0.5) is 10.5 Å². The lowest BCUT2D eigenvalue weighted by molar-refractivity contribution is 0.207. The van der Waals surface area contributed by atoms with E-state index in [0.717, 1.165) is 38.4 Å². The van der Waals surface area contributed by atoms with Gasteiger partial charge in [0.2, 0.25) is 0 Å². The zero-order valence-electron chi connectivity index (χ0n) is 14.3. The lowest BCUT2D eigenvalue weighted by Crippen LogP contribution is -2.38. The van der Waals surface area contributed by atoms with Crippen molar-refractivity contribution >= 4 is 39.0 Å². The van der Waals surface area contributed by atoms with Gasteiger partial charge in [0, 0.05) is 33.6 Å². The Morgan fingerprint density at radius 1 is 1.23 bits per heavy atom. The maximum absolute atomic E-state index is 12.6. The Labute approximate surface area is 165 Å². The van der Waals surface area contributed by atoms with E-state index >= 15 is 0 Å². The van der Waals surface area contributed by atoms with E-state index < -0.39 is 0 Å². The van der Waals surface area contributed by atoms with Crippen molar-refractivity contribution in [1.82, 2.24) is 9.88 Å². The number of amides is 2. The van der Waals surface area contributed by atoms with Crippen LogP contribution in [0.15, 0.2) is 53.0 Å². The highest BCUT2D eigenvalue weighted by Crippen LogP contribution is 2.31. The number of halogens is 1. The van der Waals surface area contributed by atoms with Crippen LogP contribution in [0.5, 0.6) is 0 Å². The topological polar surface area (TPSA) is 45.2 Å². The molecule has 0 atom stereocenters. The molecule has 132 valence electrons. The molecule has 0 saturated carbocycles. The highest BCUT2D eigenvalue weighted by molar-refractivity contribution is 9.10. The van der Waals surface area contributed by atoms with Crippen molar-refractivity contribution in [3.05, 3.63) is 69.1 Å². The molecule has 0 fully saturated rings. The molecule has 1 aliphatic rings. The Morgan fingerprint density at radius 2 is 2.04 bits per heavy atom. The van der Waals surface area contributed by atoms with Gasteiger partial charge in [0.05, 0.1) is 12.2 Å². The second kappa shape index (κ2) is 7.21. The van der Waals surface area contributed by atoms with Crippen LogP contribution in [0.3, 0.4) is 0 Å². The summed E-state index contributed by atoms with van der Waals surface area (Å²) in [4.78, 5) is 20.4. The molecule has 0 aliphatic carbocycles. The van der Waals surface area contributed by atoms with E-state index in [4.69, 9.17) is 4.98 Å². The average molecular weight is 428 g/mol. The minimum Gasteiger partial charge on any atom is -0.319 e. The highest BCUT2D eigenvalue weighted by atomic mass is 79.9. The standard InChI is InChI=1S/C20H18BrN3OS/c1-13-11-15(7-8-16(13)21)22-20(25)24-10-9-17-18(12-24)26-19(23-17)14-5-3-2-4-6-14/h2-8,11H,9-10,12H2,1H3,(H,22,25). The van der Waals surface area contributed by atoms with Crippen molar-refractivity contribution in [2.24, 2.45) is 0 Å². The van der Waals surface area contributed by atoms with E-state index in [-0.39, 0.29) is 6.03 Å². The molecule has 0 radical (unpaired) electrons. The van der Waals surface area contributed by atoms with Crippen LogP contribution in [-0.2, 0) is 13.0 Å². The number of aryl methyl sites for hydroxylation is 1. The number of thiazole rings is 1. The lowest BCUT2D eigenvalue weighted by Gasteiger charge is -2.26. The first-order chi connectivity index (χ1) is 12.6. The zero-order valence-corrected chi connectivity index (χ0v) is 16.7. The Kier molecular flexibility index (Phi) is 4.78. The fraction of sp³-hybridized carbons (Fsp3) is 0.200. The minimum atomic E-state index is -0.0629. The number of fused-ring (bicyclic) bond motifs is 1. The van der Waals surface area contributed by atoms with E-state index in [2.05, 4.69) is 33.4 Å². The number of urea groups is 1. The second-order valence-corrected chi connectivity index (χ2v) is 8.26. The number of carbonyl (C=O) groups excluding carboxylic acids is 1. The molecule has 6 heteroatoms. The van der Waals surface area contributed by atoms with Crippen molar-refractivity contribution in [1.29, 1.82) is 0 Å². The maximum Gasteiger partial charge on any atom is 0.322 e. The van der Waals surface area contributed by atoms with Crippen molar-refractivity contribution in [2.45, 2.75) is 19.9 Å². The maximum atomic E-state index is 12.6. The van der Waals surface area contributed by atoms with E-state index in [1.807, 2.05) is 48.2 Å². The van der Waals surface area contributed by atoms with Crippen LogP contribution >= 0.6 is 27.3 Å². The summed E-state index contributed by atoms with van der Waals surface area (Å²) in [7, 11) is 0. The molecular formula is C20H18BrN3OS. The van der Waals surface area contributed by atoms with Gasteiger partial charge in [-0.05, 0) is 30.7 Å². The van der Waals surface area contributed by atoms with Crippen LogP contribution < -0.4 is 5.32 Å². The molecule has 1 N–H and O–H groups in total. The molecular weight excluding hydrogens is 410 g/mol. The van der Waals surface area contributed by atoms with E-state index in [1.165, 1.54) is 4.88 Å². The number of hydrogen-bond acceptors (Lipinski definition) is 3. The number of aromatic nitrogens is 1. The first-order valence-electron chi connectivity index (χ1n) is 8.46. The normalized spacial score (nSPS) is 13.4. The van der Waals surface area contributed by atoms with Gasteiger partial charge in [0.15, 0.2) is 0 Å². The van der Waals surface area contributed by atoms with Gasteiger partial charge in [0.25, 0.3) is 0 Å². The number of hydrogen-bond donors (Lipinski definition) is 1. The van der Waals surface area contributed by atoms with Gasteiger partial charge in [-0.25, -0.2) is 9.78 Å². The van der Waals surface area contributed by atoms with Gasteiger partial charge in [0.1, 0.15) is 5.01 Å². The summed E-state index contributed by atoms with van der Waals surface area (Å²) >= 11 is 5.16. The molecule has 1 aliphatic heterocycles. The molecule has 0 bridgehead atoms. The molecule has 26 heavy (non-hydrogen) atoms. The second-order valence-electron chi connectivity index (χ2n) is 6.32. The molecule has 0 saturated heterocycles. The largest absolute Gasteiger partial charge is 0.322 e. The molecule has 2 aromatic carbocycles. The number of rotatable bonds is 2. The molecule has 1 aromatic heterocycles. The molecule has 4 nitrogen and oxygen atoms in total. The van der Waals surface area contributed by atoms with Crippen molar-refractivity contribution < 1.29 is 4.79 Å². The van der Waals surface area contributed by atoms with Gasteiger partial charge in [-0.1, -0.05) is 46.3 Å². The summed E-state index contributed by atoms with van der Waals surface area (Å²) in [6, 6.07) is 16.0. The Bertz CT molecular complexity index is 955. The fourth-order valence-corrected chi connectivity index (χ4v) is 4.37. The Morgan fingerprint density at radius 3 is 2.81 bits per heavy atom. The predicted molar refractivity (Wildman–Crippen MR) is 110 cm³/mol. The quantitative estimate of drug-likeness (QED) is 0.588. The van der Waals surface area contributed by atoms with Crippen LogP contribution in [-0.4, -0.2) is 22.5 Å². The van der Waals surface area contributed by atoms with Gasteiger partial charge < -0.3 is 10.2 Å². The first-order valence-corrected chi connectivity index (χ1v) is 10.1. The minimum absolute atomic E-state index is 0.0629. The molecule has 3 aromatic rings. The lowest BCUT2D eigenvalue weighted by atomic mass is 10.2. The number of carbonyl (C=O) groups is 1. The van der Waals surface area contributed by atoms with Crippen LogP contribution in [0.25, 0.3) is 10.6 Å². The van der Waals surface area contributed by atoms with Crippen LogP contribution in [0.2, 0.25) is 0 Å². The van der Waals surface area contributed by atoms with Crippen LogP contribution in [0.1, 0.15) is 16.1 Å². The summed E-state index contributed by atoms with van der Waals surface area (Å²) in [6.45, 7) is 3.31. The summed E-state index contributed by atoms with van der Waals surface area (Å²) < 4.78 is 1.04. The Balaban J connectivity index is 1.48. The van der Waals surface area contributed by atoms with Gasteiger partial charge >= 0.3 is 6.03 Å². The fourth-order valence-electron chi connectivity index (χ4n) is 3.00. The molecule has 2 amide bonds. The third-order valence-corrected chi connectivity index (χ3v) is 6.47. The van der Waals surface area contributed by atoms with E-state index in [9.17, 15) is 4.79 Å². The van der Waals surface area contributed by atoms with Crippen LogP contribution in [0, 0.1) is 6.92 Å². The Hall–Kier alpha value is -2.18. The third-order valence-electron chi connectivity index (χ3n) is 4.45. The summed E-state index contributed by atoms with van der Waals surface area (Å²) in [5.74, 6) is 0. The van der Waals surface area contributed by atoms with Gasteiger partial charge in [-0.2, -0.15) is 0 Å². The number of nitrogens with zero attached hydrogens (tertiary/aromatic N) is 2. The predicted octanol–water partition coefficient (Wildman–Crippen LogP) is 5.47. The number of anilines is 1. The van der Waals surface area contributed by atoms with Gasteiger partial charge in [-0.3, -0.25) is 0 Å². The molecule has 2 heterocycles. The van der Waals surface area contributed by atoms with Crippen molar-refractivity contribution in [3.63, 3.8) is 0 Å². The van der Waals surface area contributed by atoms with Gasteiger partial charge in [-0.15, -0.1) is 11.3 Å².